The Hall–Kier alpha value is -2.67. The molecule has 0 spiro atoms. The highest BCUT2D eigenvalue weighted by molar-refractivity contribution is 7.80. The molecule has 0 radical (unpaired) electrons. The largest absolute Gasteiger partial charge is 0.487 e. The average Bonchev–Trinajstić information content (AvgIpc) is 2.68. The van der Waals surface area contributed by atoms with E-state index in [1.807, 2.05) is 12.1 Å². The fourth-order valence-corrected chi connectivity index (χ4v) is 4.24. The van der Waals surface area contributed by atoms with E-state index in [4.69, 9.17) is 17.0 Å². The standard InChI is InChI=1S/C22H27N3O3S/c1-5-22(6-2)14-21(3,4)18-13-16(9-12-19(18)28-22)24-20(29)23-15-7-10-17(11-8-15)25(26)27/h7-13H,5-6,14H2,1-4H3,(H2,23,24,29). The Bertz CT molecular complexity index is 921. The first kappa shape index (κ1) is 21.0. The second kappa shape index (κ2) is 7.99. The van der Waals surface area contributed by atoms with Crippen LogP contribution in [0, 0.1) is 10.1 Å². The number of nitrogens with zero attached hydrogens (tertiary/aromatic N) is 1. The summed E-state index contributed by atoms with van der Waals surface area (Å²) >= 11 is 5.40. The summed E-state index contributed by atoms with van der Waals surface area (Å²) in [6.45, 7) is 8.88. The van der Waals surface area contributed by atoms with E-state index in [0.717, 1.165) is 36.3 Å². The first-order valence-corrected chi connectivity index (χ1v) is 10.2. The van der Waals surface area contributed by atoms with Crippen molar-refractivity contribution in [3.63, 3.8) is 0 Å². The molecule has 0 atom stereocenters. The van der Waals surface area contributed by atoms with E-state index in [1.54, 1.807) is 12.1 Å². The maximum Gasteiger partial charge on any atom is 0.269 e. The van der Waals surface area contributed by atoms with Crippen LogP contribution in [0.2, 0.25) is 0 Å². The molecule has 0 amide bonds. The summed E-state index contributed by atoms with van der Waals surface area (Å²) in [6.07, 6.45) is 2.93. The van der Waals surface area contributed by atoms with Crippen LogP contribution in [0.1, 0.15) is 52.5 Å². The van der Waals surface area contributed by atoms with Crippen molar-refractivity contribution in [2.45, 2.75) is 58.0 Å². The molecule has 0 bridgehead atoms. The van der Waals surface area contributed by atoms with Crippen molar-refractivity contribution in [3.8, 4) is 5.75 Å². The minimum absolute atomic E-state index is 0.00922. The maximum atomic E-state index is 10.8. The molecular formula is C22H27N3O3S. The zero-order valence-electron chi connectivity index (χ0n) is 17.2. The van der Waals surface area contributed by atoms with Crippen molar-refractivity contribution in [1.29, 1.82) is 0 Å². The molecule has 2 aromatic rings. The fraction of sp³-hybridized carbons (Fsp3) is 0.409. The van der Waals surface area contributed by atoms with E-state index in [1.165, 1.54) is 12.1 Å². The number of fused-ring (bicyclic) bond motifs is 1. The summed E-state index contributed by atoms with van der Waals surface area (Å²) in [6, 6.07) is 12.2. The number of non-ortho nitro benzene ring substituents is 1. The van der Waals surface area contributed by atoms with E-state index in [-0.39, 0.29) is 16.7 Å². The lowest BCUT2D eigenvalue weighted by molar-refractivity contribution is -0.384. The van der Waals surface area contributed by atoms with Crippen LogP contribution in [0.3, 0.4) is 0 Å². The molecule has 6 nitrogen and oxygen atoms in total. The number of thiocarbonyl (C=S) groups is 1. The summed E-state index contributed by atoms with van der Waals surface area (Å²) in [5, 5.41) is 17.4. The second-order valence-electron chi connectivity index (χ2n) is 8.15. The number of nitrogens with one attached hydrogen (secondary N) is 2. The van der Waals surface area contributed by atoms with Gasteiger partial charge in [-0.15, -0.1) is 0 Å². The van der Waals surface area contributed by atoms with Gasteiger partial charge in [-0.3, -0.25) is 10.1 Å². The van der Waals surface area contributed by atoms with Gasteiger partial charge in [0.05, 0.1) is 4.92 Å². The number of rotatable bonds is 5. The molecule has 0 fully saturated rings. The van der Waals surface area contributed by atoms with Crippen molar-refractivity contribution in [3.05, 3.63) is 58.1 Å². The van der Waals surface area contributed by atoms with Gasteiger partial charge in [0, 0.05) is 29.1 Å². The predicted molar refractivity (Wildman–Crippen MR) is 121 cm³/mol. The summed E-state index contributed by atoms with van der Waals surface area (Å²) < 4.78 is 6.41. The predicted octanol–water partition coefficient (Wildman–Crippen LogP) is 6.02. The molecule has 7 heteroatoms. The molecule has 0 aromatic heterocycles. The molecule has 1 aliphatic rings. The molecule has 0 saturated carbocycles. The average molecular weight is 414 g/mol. The van der Waals surface area contributed by atoms with Crippen LogP contribution in [0.15, 0.2) is 42.5 Å². The molecule has 1 aliphatic heterocycles. The third-order valence-electron chi connectivity index (χ3n) is 5.68. The third kappa shape index (κ3) is 4.50. The smallest absolute Gasteiger partial charge is 0.269 e. The van der Waals surface area contributed by atoms with Crippen LogP contribution in [-0.2, 0) is 5.41 Å². The molecule has 154 valence electrons. The van der Waals surface area contributed by atoms with Crippen LogP contribution in [0.4, 0.5) is 17.1 Å². The molecule has 2 N–H and O–H groups in total. The van der Waals surface area contributed by atoms with Gasteiger partial charge in [0.25, 0.3) is 5.69 Å². The molecule has 1 heterocycles. The van der Waals surface area contributed by atoms with E-state index in [2.05, 4.69) is 44.4 Å². The van der Waals surface area contributed by atoms with Gasteiger partial charge in [-0.2, -0.15) is 0 Å². The van der Waals surface area contributed by atoms with Crippen molar-refractivity contribution >= 4 is 34.4 Å². The second-order valence-corrected chi connectivity index (χ2v) is 8.56. The lowest BCUT2D eigenvalue weighted by atomic mass is 9.71. The molecule has 0 aliphatic carbocycles. The van der Waals surface area contributed by atoms with Gasteiger partial charge in [0.2, 0.25) is 0 Å². The van der Waals surface area contributed by atoms with Crippen LogP contribution < -0.4 is 15.4 Å². The minimum Gasteiger partial charge on any atom is -0.487 e. The molecule has 29 heavy (non-hydrogen) atoms. The summed E-state index contributed by atoms with van der Waals surface area (Å²) in [5.74, 6) is 0.935. The summed E-state index contributed by atoms with van der Waals surface area (Å²) in [7, 11) is 0. The Morgan fingerprint density at radius 2 is 1.69 bits per heavy atom. The summed E-state index contributed by atoms with van der Waals surface area (Å²) in [4.78, 5) is 10.3. The Morgan fingerprint density at radius 1 is 1.10 bits per heavy atom. The van der Waals surface area contributed by atoms with E-state index >= 15 is 0 Å². The topological polar surface area (TPSA) is 76.4 Å². The molecule has 0 saturated heterocycles. The van der Waals surface area contributed by atoms with Crippen molar-refractivity contribution in [1.82, 2.24) is 0 Å². The fourth-order valence-electron chi connectivity index (χ4n) is 4.00. The number of hydrogen-bond donors (Lipinski definition) is 2. The van der Waals surface area contributed by atoms with Gasteiger partial charge in [-0.1, -0.05) is 27.7 Å². The van der Waals surface area contributed by atoms with Crippen LogP contribution in [0.25, 0.3) is 0 Å². The Morgan fingerprint density at radius 3 is 2.28 bits per heavy atom. The van der Waals surface area contributed by atoms with Gasteiger partial charge >= 0.3 is 0 Å². The van der Waals surface area contributed by atoms with Gasteiger partial charge in [-0.05, 0) is 67.2 Å². The quantitative estimate of drug-likeness (QED) is 0.354. The monoisotopic (exact) mass is 413 g/mol. The lowest BCUT2D eigenvalue weighted by Crippen LogP contribution is -2.45. The first-order chi connectivity index (χ1) is 13.7. The van der Waals surface area contributed by atoms with E-state index in [0.29, 0.717) is 10.8 Å². The number of ether oxygens (including phenoxy) is 1. The highest BCUT2D eigenvalue weighted by atomic mass is 32.1. The van der Waals surface area contributed by atoms with Crippen molar-refractivity contribution < 1.29 is 9.66 Å². The number of benzene rings is 2. The normalized spacial score (nSPS) is 16.3. The van der Waals surface area contributed by atoms with Gasteiger partial charge in [0.15, 0.2) is 5.11 Å². The molecule has 0 unspecified atom stereocenters. The van der Waals surface area contributed by atoms with Gasteiger partial charge in [-0.25, -0.2) is 0 Å². The minimum atomic E-state index is -0.428. The highest BCUT2D eigenvalue weighted by Gasteiger charge is 2.42. The molecule has 2 aromatic carbocycles. The van der Waals surface area contributed by atoms with Crippen LogP contribution in [-0.4, -0.2) is 15.6 Å². The molecular weight excluding hydrogens is 386 g/mol. The summed E-state index contributed by atoms with van der Waals surface area (Å²) in [5.41, 5.74) is 2.65. The van der Waals surface area contributed by atoms with Gasteiger partial charge in [0.1, 0.15) is 11.4 Å². The maximum absolute atomic E-state index is 10.8. The Kier molecular flexibility index (Phi) is 5.80. The van der Waals surface area contributed by atoms with E-state index < -0.39 is 4.92 Å². The number of nitro benzene ring substituents is 1. The van der Waals surface area contributed by atoms with Crippen molar-refractivity contribution in [2.75, 3.05) is 10.6 Å². The Labute approximate surface area is 176 Å². The SMILES string of the molecule is CCC1(CC)CC(C)(C)c2cc(NC(=S)Nc3ccc([N+](=O)[O-])cc3)ccc2O1. The Balaban J connectivity index is 1.74. The number of hydrogen-bond acceptors (Lipinski definition) is 4. The zero-order chi connectivity index (χ0) is 21.2. The molecule has 3 rings (SSSR count). The van der Waals surface area contributed by atoms with E-state index in [9.17, 15) is 10.1 Å². The van der Waals surface area contributed by atoms with Gasteiger partial charge < -0.3 is 15.4 Å². The van der Waals surface area contributed by atoms with Crippen LogP contribution >= 0.6 is 12.2 Å². The number of anilines is 2. The van der Waals surface area contributed by atoms with Crippen LogP contribution in [0.5, 0.6) is 5.75 Å². The first-order valence-electron chi connectivity index (χ1n) is 9.84. The number of nitro groups is 1. The highest BCUT2D eigenvalue weighted by Crippen LogP contribution is 2.47. The lowest BCUT2D eigenvalue weighted by Gasteiger charge is -2.45. The third-order valence-corrected chi connectivity index (χ3v) is 5.89. The zero-order valence-corrected chi connectivity index (χ0v) is 18.1. The van der Waals surface area contributed by atoms with Crippen molar-refractivity contribution in [2.24, 2.45) is 0 Å².